The lowest BCUT2D eigenvalue weighted by molar-refractivity contribution is -0.130. The van der Waals surface area contributed by atoms with Crippen molar-refractivity contribution in [3.05, 3.63) is 0 Å². The van der Waals surface area contributed by atoms with Gasteiger partial charge in [-0.1, -0.05) is 19.3 Å². The fourth-order valence-electron chi connectivity index (χ4n) is 2.12. The molecule has 1 atom stereocenters. The van der Waals surface area contributed by atoms with E-state index in [4.69, 9.17) is 12.2 Å². The largest absolute Gasteiger partial charge is 0.360 e. The second-order valence-electron chi connectivity index (χ2n) is 4.91. The summed E-state index contributed by atoms with van der Waals surface area (Å²) < 4.78 is 0. The molecule has 0 saturated heterocycles. The van der Waals surface area contributed by atoms with E-state index in [1.54, 1.807) is 19.0 Å². The average molecular weight is 257 g/mol. The zero-order valence-electron chi connectivity index (χ0n) is 11.0. The lowest BCUT2D eigenvalue weighted by atomic mass is 9.96. The molecule has 1 aliphatic rings. The Morgan fingerprint density at radius 1 is 1.29 bits per heavy atom. The van der Waals surface area contributed by atoms with E-state index < -0.39 is 0 Å². The standard InChI is InChI=1S/C12H23N3OS/c1-9(11(16)15(2)3)13-12(17)14-10-7-5-4-6-8-10/h9-10H,4-8H2,1-3H3,(H2,13,14,17). The van der Waals surface area contributed by atoms with Crippen LogP contribution in [0.5, 0.6) is 0 Å². The molecule has 4 nitrogen and oxygen atoms in total. The summed E-state index contributed by atoms with van der Waals surface area (Å²) in [5.74, 6) is 0.0396. The Hall–Kier alpha value is -0.840. The van der Waals surface area contributed by atoms with E-state index in [9.17, 15) is 4.79 Å². The van der Waals surface area contributed by atoms with Gasteiger partial charge in [0.2, 0.25) is 5.91 Å². The predicted molar refractivity (Wildman–Crippen MR) is 73.9 cm³/mol. The number of thiocarbonyl (C=S) groups is 1. The molecule has 2 N–H and O–H groups in total. The highest BCUT2D eigenvalue weighted by atomic mass is 32.1. The summed E-state index contributed by atoms with van der Waals surface area (Å²) in [7, 11) is 3.50. The van der Waals surface area contributed by atoms with Gasteiger partial charge >= 0.3 is 0 Å². The number of nitrogens with zero attached hydrogens (tertiary/aromatic N) is 1. The number of likely N-dealkylation sites (N-methyl/N-ethyl adjacent to an activating group) is 1. The maximum atomic E-state index is 11.6. The summed E-state index contributed by atoms with van der Waals surface area (Å²) in [6.07, 6.45) is 6.22. The number of rotatable bonds is 3. The summed E-state index contributed by atoms with van der Waals surface area (Å²) in [6.45, 7) is 1.83. The van der Waals surface area contributed by atoms with E-state index >= 15 is 0 Å². The lowest BCUT2D eigenvalue weighted by Gasteiger charge is -2.26. The molecule has 0 aromatic rings. The quantitative estimate of drug-likeness (QED) is 0.747. The first-order valence-electron chi connectivity index (χ1n) is 6.29. The van der Waals surface area contributed by atoms with Gasteiger partial charge in [0.05, 0.1) is 0 Å². The summed E-state index contributed by atoms with van der Waals surface area (Å²) in [5.41, 5.74) is 0. The predicted octanol–water partition coefficient (Wildman–Crippen LogP) is 1.26. The van der Waals surface area contributed by atoms with Crippen LogP contribution in [0, 0.1) is 0 Å². The first kappa shape index (κ1) is 14.2. The van der Waals surface area contributed by atoms with E-state index in [1.807, 2.05) is 6.92 Å². The van der Waals surface area contributed by atoms with Crippen molar-refractivity contribution >= 4 is 23.2 Å². The fraction of sp³-hybridized carbons (Fsp3) is 0.833. The highest BCUT2D eigenvalue weighted by Crippen LogP contribution is 2.17. The molecule has 1 aliphatic carbocycles. The van der Waals surface area contributed by atoms with Gasteiger partial charge in [-0.25, -0.2) is 0 Å². The van der Waals surface area contributed by atoms with Gasteiger partial charge in [-0.2, -0.15) is 0 Å². The molecule has 1 amide bonds. The van der Waals surface area contributed by atoms with Crippen LogP contribution in [0.2, 0.25) is 0 Å². The van der Waals surface area contributed by atoms with Gasteiger partial charge in [0, 0.05) is 20.1 Å². The number of carbonyl (C=O) groups is 1. The Labute approximate surface area is 109 Å². The first-order chi connectivity index (χ1) is 8.00. The molecule has 0 radical (unpaired) electrons. The van der Waals surface area contributed by atoms with Gasteiger partial charge < -0.3 is 15.5 Å². The third kappa shape index (κ3) is 4.89. The zero-order chi connectivity index (χ0) is 12.8. The zero-order valence-corrected chi connectivity index (χ0v) is 11.8. The molecule has 0 aromatic heterocycles. The third-order valence-corrected chi connectivity index (χ3v) is 3.33. The van der Waals surface area contributed by atoms with Crippen LogP contribution in [-0.2, 0) is 4.79 Å². The molecule has 0 aromatic carbocycles. The van der Waals surface area contributed by atoms with Crippen LogP contribution >= 0.6 is 12.2 Å². The number of hydrogen-bond donors (Lipinski definition) is 2. The monoisotopic (exact) mass is 257 g/mol. The minimum absolute atomic E-state index is 0.0396. The smallest absolute Gasteiger partial charge is 0.244 e. The second kappa shape index (κ2) is 6.79. The molecule has 98 valence electrons. The van der Waals surface area contributed by atoms with E-state index in [1.165, 1.54) is 32.1 Å². The van der Waals surface area contributed by atoms with Gasteiger partial charge in [-0.05, 0) is 32.0 Å². The number of nitrogens with one attached hydrogen (secondary N) is 2. The minimum Gasteiger partial charge on any atom is -0.360 e. The normalized spacial score (nSPS) is 18.3. The Bertz CT molecular complexity index is 275. The Balaban J connectivity index is 2.30. The Morgan fingerprint density at radius 2 is 1.88 bits per heavy atom. The minimum atomic E-state index is -0.270. The molecular formula is C12H23N3OS. The molecule has 1 fully saturated rings. The molecule has 0 heterocycles. The van der Waals surface area contributed by atoms with Crippen molar-refractivity contribution in [2.45, 2.75) is 51.1 Å². The van der Waals surface area contributed by atoms with Crippen LogP contribution in [0.15, 0.2) is 0 Å². The van der Waals surface area contributed by atoms with Crippen molar-refractivity contribution in [1.29, 1.82) is 0 Å². The van der Waals surface area contributed by atoms with Crippen molar-refractivity contribution in [3.8, 4) is 0 Å². The molecule has 0 bridgehead atoms. The van der Waals surface area contributed by atoms with Crippen LogP contribution in [0.4, 0.5) is 0 Å². The number of carbonyl (C=O) groups excluding carboxylic acids is 1. The molecule has 5 heteroatoms. The van der Waals surface area contributed by atoms with E-state index in [0.29, 0.717) is 11.2 Å². The molecule has 0 aliphatic heterocycles. The summed E-state index contributed by atoms with van der Waals surface area (Å²) >= 11 is 5.22. The maximum absolute atomic E-state index is 11.6. The highest BCUT2D eigenvalue weighted by Gasteiger charge is 2.18. The van der Waals surface area contributed by atoms with E-state index in [0.717, 1.165) is 0 Å². The number of amides is 1. The van der Waals surface area contributed by atoms with Crippen LogP contribution in [0.25, 0.3) is 0 Å². The van der Waals surface area contributed by atoms with E-state index in [2.05, 4.69) is 10.6 Å². The van der Waals surface area contributed by atoms with Gasteiger partial charge in [0.25, 0.3) is 0 Å². The van der Waals surface area contributed by atoms with Crippen molar-refractivity contribution in [2.24, 2.45) is 0 Å². The Kier molecular flexibility index (Phi) is 5.68. The van der Waals surface area contributed by atoms with Crippen molar-refractivity contribution in [2.75, 3.05) is 14.1 Å². The molecule has 1 unspecified atom stereocenters. The fourth-order valence-corrected chi connectivity index (χ4v) is 2.46. The van der Waals surface area contributed by atoms with Crippen molar-refractivity contribution < 1.29 is 4.79 Å². The third-order valence-electron chi connectivity index (χ3n) is 3.10. The Morgan fingerprint density at radius 3 is 2.41 bits per heavy atom. The van der Waals surface area contributed by atoms with Gasteiger partial charge in [0.15, 0.2) is 5.11 Å². The molecule has 1 saturated carbocycles. The van der Waals surface area contributed by atoms with Crippen LogP contribution in [0.1, 0.15) is 39.0 Å². The van der Waals surface area contributed by atoms with Crippen LogP contribution < -0.4 is 10.6 Å². The van der Waals surface area contributed by atoms with Gasteiger partial charge in [-0.3, -0.25) is 4.79 Å². The first-order valence-corrected chi connectivity index (χ1v) is 6.69. The van der Waals surface area contributed by atoms with Crippen molar-refractivity contribution in [3.63, 3.8) is 0 Å². The topological polar surface area (TPSA) is 44.4 Å². The lowest BCUT2D eigenvalue weighted by Crippen LogP contribution is -2.50. The molecule has 0 spiro atoms. The van der Waals surface area contributed by atoms with Gasteiger partial charge in [-0.15, -0.1) is 0 Å². The molecule has 17 heavy (non-hydrogen) atoms. The average Bonchev–Trinajstić information content (AvgIpc) is 2.28. The summed E-state index contributed by atoms with van der Waals surface area (Å²) in [6, 6.07) is 0.207. The van der Waals surface area contributed by atoms with Crippen LogP contribution in [-0.4, -0.2) is 42.1 Å². The summed E-state index contributed by atoms with van der Waals surface area (Å²) in [4.78, 5) is 13.2. The number of hydrogen-bond acceptors (Lipinski definition) is 2. The molecular weight excluding hydrogens is 234 g/mol. The van der Waals surface area contributed by atoms with Crippen LogP contribution in [0.3, 0.4) is 0 Å². The summed E-state index contributed by atoms with van der Waals surface area (Å²) in [5, 5.41) is 6.93. The van der Waals surface area contributed by atoms with Crippen molar-refractivity contribution in [1.82, 2.24) is 15.5 Å². The van der Waals surface area contributed by atoms with E-state index in [-0.39, 0.29) is 11.9 Å². The second-order valence-corrected chi connectivity index (χ2v) is 5.32. The maximum Gasteiger partial charge on any atom is 0.244 e. The molecule has 1 rings (SSSR count). The highest BCUT2D eigenvalue weighted by molar-refractivity contribution is 7.80. The SMILES string of the molecule is CC(NC(=S)NC1CCCCC1)C(=O)N(C)C. The van der Waals surface area contributed by atoms with Gasteiger partial charge in [0.1, 0.15) is 6.04 Å².